The van der Waals surface area contributed by atoms with Crippen LogP contribution in [0.1, 0.15) is 11.7 Å². The molecule has 22 heavy (non-hydrogen) atoms. The molecular weight excluding hydrogens is 325 g/mol. The summed E-state index contributed by atoms with van der Waals surface area (Å²) in [5.41, 5.74) is 0.611. The van der Waals surface area contributed by atoms with Crippen LogP contribution in [0.4, 0.5) is 4.39 Å². The SMILES string of the molecule is CSc1ccc(C(O)CNS(=O)(=O)c2cccc(F)c2)cc1. The third-order valence-electron chi connectivity index (χ3n) is 3.07. The zero-order valence-electron chi connectivity index (χ0n) is 11.9. The van der Waals surface area contributed by atoms with Gasteiger partial charge in [0.1, 0.15) is 5.82 Å². The molecule has 0 fully saturated rings. The zero-order chi connectivity index (χ0) is 16.2. The largest absolute Gasteiger partial charge is 0.387 e. The molecule has 4 nitrogen and oxygen atoms in total. The van der Waals surface area contributed by atoms with Gasteiger partial charge in [-0.05, 0) is 42.2 Å². The molecule has 0 saturated carbocycles. The summed E-state index contributed by atoms with van der Waals surface area (Å²) in [6, 6.07) is 11.9. The van der Waals surface area contributed by atoms with E-state index in [1.165, 1.54) is 18.2 Å². The molecular formula is C15H16FNO3S2. The van der Waals surface area contributed by atoms with Crippen LogP contribution < -0.4 is 4.72 Å². The lowest BCUT2D eigenvalue weighted by Gasteiger charge is -2.13. The van der Waals surface area contributed by atoms with Gasteiger partial charge in [0.2, 0.25) is 10.0 Å². The number of hydrogen-bond acceptors (Lipinski definition) is 4. The topological polar surface area (TPSA) is 66.4 Å². The van der Waals surface area contributed by atoms with E-state index in [2.05, 4.69) is 4.72 Å². The molecule has 0 heterocycles. The van der Waals surface area contributed by atoms with Crippen molar-refractivity contribution in [3.8, 4) is 0 Å². The van der Waals surface area contributed by atoms with Crippen molar-refractivity contribution in [1.82, 2.24) is 4.72 Å². The molecule has 118 valence electrons. The van der Waals surface area contributed by atoms with E-state index in [9.17, 15) is 17.9 Å². The summed E-state index contributed by atoms with van der Waals surface area (Å²) in [5.74, 6) is -0.629. The van der Waals surface area contributed by atoms with Gasteiger partial charge in [0.15, 0.2) is 0 Å². The second-order valence-electron chi connectivity index (χ2n) is 4.60. The lowest BCUT2D eigenvalue weighted by molar-refractivity contribution is 0.182. The van der Waals surface area contributed by atoms with Crippen molar-refractivity contribution >= 4 is 21.8 Å². The highest BCUT2D eigenvalue weighted by molar-refractivity contribution is 7.98. The van der Waals surface area contributed by atoms with E-state index in [1.807, 2.05) is 18.4 Å². The monoisotopic (exact) mass is 341 g/mol. The van der Waals surface area contributed by atoms with Gasteiger partial charge >= 0.3 is 0 Å². The van der Waals surface area contributed by atoms with Gasteiger partial charge in [0.25, 0.3) is 0 Å². The van der Waals surface area contributed by atoms with Crippen LogP contribution >= 0.6 is 11.8 Å². The number of halogens is 1. The average molecular weight is 341 g/mol. The highest BCUT2D eigenvalue weighted by atomic mass is 32.2. The number of rotatable bonds is 6. The maximum Gasteiger partial charge on any atom is 0.240 e. The summed E-state index contributed by atoms with van der Waals surface area (Å²) in [7, 11) is -3.85. The predicted molar refractivity (Wildman–Crippen MR) is 84.8 cm³/mol. The lowest BCUT2D eigenvalue weighted by Crippen LogP contribution is -2.28. The molecule has 7 heteroatoms. The van der Waals surface area contributed by atoms with Crippen molar-refractivity contribution in [2.75, 3.05) is 12.8 Å². The summed E-state index contributed by atoms with van der Waals surface area (Å²) in [4.78, 5) is 0.883. The summed E-state index contributed by atoms with van der Waals surface area (Å²) in [6.45, 7) is -0.183. The summed E-state index contributed by atoms with van der Waals surface area (Å²) < 4.78 is 39.4. The van der Waals surface area contributed by atoms with Crippen LogP contribution in [0.5, 0.6) is 0 Å². The van der Waals surface area contributed by atoms with Crippen LogP contribution in [0.3, 0.4) is 0 Å². The van der Waals surface area contributed by atoms with Crippen molar-refractivity contribution in [3.63, 3.8) is 0 Å². The second kappa shape index (κ2) is 7.23. The summed E-state index contributed by atoms with van der Waals surface area (Å²) in [5, 5.41) is 10.0. The van der Waals surface area contributed by atoms with Gasteiger partial charge in [-0.2, -0.15) is 0 Å². The van der Waals surface area contributed by atoms with Crippen molar-refractivity contribution in [2.45, 2.75) is 15.9 Å². The number of aliphatic hydroxyl groups is 1. The summed E-state index contributed by atoms with van der Waals surface area (Å²) in [6.07, 6.45) is 0.970. The van der Waals surface area contributed by atoms with E-state index in [1.54, 1.807) is 23.9 Å². The third-order valence-corrected chi connectivity index (χ3v) is 5.24. The van der Waals surface area contributed by atoms with Crippen molar-refractivity contribution in [3.05, 3.63) is 59.9 Å². The van der Waals surface area contributed by atoms with E-state index >= 15 is 0 Å². The molecule has 2 aromatic rings. The van der Waals surface area contributed by atoms with Gasteiger partial charge in [0, 0.05) is 11.4 Å². The molecule has 0 saturated heterocycles. The molecule has 2 aromatic carbocycles. The average Bonchev–Trinajstić information content (AvgIpc) is 2.53. The van der Waals surface area contributed by atoms with Crippen LogP contribution in [-0.4, -0.2) is 26.3 Å². The number of aliphatic hydroxyl groups excluding tert-OH is 1. The van der Waals surface area contributed by atoms with Crippen LogP contribution in [0.2, 0.25) is 0 Å². The van der Waals surface area contributed by atoms with Crippen molar-refractivity contribution in [2.24, 2.45) is 0 Å². The van der Waals surface area contributed by atoms with Crippen LogP contribution in [-0.2, 0) is 10.0 Å². The maximum atomic E-state index is 13.1. The number of benzene rings is 2. The molecule has 0 aliphatic heterocycles. The molecule has 0 aliphatic rings. The number of nitrogens with one attached hydrogen (secondary N) is 1. The molecule has 2 N–H and O–H groups in total. The predicted octanol–water partition coefficient (Wildman–Crippen LogP) is 2.56. The standard InChI is InChI=1S/C15H16FNO3S2/c1-21-13-7-5-11(6-8-13)15(18)10-17-22(19,20)14-4-2-3-12(16)9-14/h2-9,15,17-18H,10H2,1H3. The van der Waals surface area contributed by atoms with E-state index in [0.717, 1.165) is 11.0 Å². The highest BCUT2D eigenvalue weighted by Crippen LogP contribution is 2.19. The summed E-state index contributed by atoms with van der Waals surface area (Å²) >= 11 is 1.58. The Labute approximate surface area is 133 Å². The first-order valence-electron chi connectivity index (χ1n) is 6.49. The second-order valence-corrected chi connectivity index (χ2v) is 7.24. The van der Waals surface area contributed by atoms with Crippen molar-refractivity contribution < 1.29 is 17.9 Å². The molecule has 0 aliphatic carbocycles. The van der Waals surface area contributed by atoms with Gasteiger partial charge in [-0.25, -0.2) is 17.5 Å². The molecule has 1 atom stereocenters. The smallest absolute Gasteiger partial charge is 0.240 e. The quantitative estimate of drug-likeness (QED) is 0.793. The minimum Gasteiger partial charge on any atom is -0.387 e. The zero-order valence-corrected chi connectivity index (χ0v) is 13.5. The van der Waals surface area contributed by atoms with Crippen LogP contribution in [0, 0.1) is 5.82 Å². The van der Waals surface area contributed by atoms with Crippen molar-refractivity contribution in [1.29, 1.82) is 0 Å². The Morgan fingerprint density at radius 2 is 1.91 bits per heavy atom. The Hall–Kier alpha value is -1.41. The molecule has 0 amide bonds. The van der Waals surface area contributed by atoms with E-state index in [-0.39, 0.29) is 11.4 Å². The first-order valence-corrected chi connectivity index (χ1v) is 9.20. The molecule has 0 radical (unpaired) electrons. The molecule has 0 aromatic heterocycles. The normalized spacial score (nSPS) is 13.0. The molecule has 2 rings (SSSR count). The number of sulfonamides is 1. The van der Waals surface area contributed by atoms with Gasteiger partial charge < -0.3 is 5.11 Å². The first kappa shape index (κ1) is 17.0. The highest BCUT2D eigenvalue weighted by Gasteiger charge is 2.17. The maximum absolute atomic E-state index is 13.1. The Morgan fingerprint density at radius 1 is 1.23 bits per heavy atom. The number of thioether (sulfide) groups is 1. The van der Waals surface area contributed by atoms with Crippen LogP contribution in [0.15, 0.2) is 58.3 Å². The Balaban J connectivity index is 2.04. The minimum absolute atomic E-state index is 0.169. The van der Waals surface area contributed by atoms with Crippen LogP contribution in [0.25, 0.3) is 0 Å². The Kier molecular flexibility index (Phi) is 5.57. The molecule has 0 bridgehead atoms. The lowest BCUT2D eigenvalue weighted by atomic mass is 10.1. The fourth-order valence-electron chi connectivity index (χ4n) is 1.85. The van der Waals surface area contributed by atoms with Gasteiger partial charge in [-0.1, -0.05) is 18.2 Å². The van der Waals surface area contributed by atoms with E-state index in [4.69, 9.17) is 0 Å². The van der Waals surface area contributed by atoms with Gasteiger partial charge in [-0.15, -0.1) is 11.8 Å². The Morgan fingerprint density at radius 3 is 2.50 bits per heavy atom. The Bertz CT molecular complexity index is 733. The molecule has 1 unspecified atom stereocenters. The fourth-order valence-corrected chi connectivity index (χ4v) is 3.33. The minimum atomic E-state index is -3.85. The van der Waals surface area contributed by atoms with Gasteiger partial charge in [0.05, 0.1) is 11.0 Å². The van der Waals surface area contributed by atoms with E-state index in [0.29, 0.717) is 5.56 Å². The fraction of sp³-hybridized carbons (Fsp3) is 0.200. The number of hydrogen-bond donors (Lipinski definition) is 2. The third kappa shape index (κ3) is 4.30. The molecule has 0 spiro atoms. The first-order chi connectivity index (χ1) is 10.4. The van der Waals surface area contributed by atoms with Gasteiger partial charge in [-0.3, -0.25) is 0 Å². The van der Waals surface area contributed by atoms with E-state index < -0.39 is 21.9 Å².